The molecule has 0 aromatic heterocycles. The summed E-state index contributed by atoms with van der Waals surface area (Å²) < 4.78 is 10.8. The van der Waals surface area contributed by atoms with Gasteiger partial charge < -0.3 is 9.47 Å². The molecule has 0 radical (unpaired) electrons. The molecule has 0 saturated heterocycles. The Morgan fingerprint density at radius 2 is 2.12 bits per heavy atom. The fourth-order valence-corrected chi connectivity index (χ4v) is 1.94. The molecular weight excluding hydrogens is 204 g/mol. The summed E-state index contributed by atoms with van der Waals surface area (Å²) in [6, 6.07) is 0. The topological polar surface area (TPSA) is 35.5 Å². The van der Waals surface area contributed by atoms with Gasteiger partial charge in [0.25, 0.3) is 0 Å². The van der Waals surface area contributed by atoms with Gasteiger partial charge in [0.05, 0.1) is 5.60 Å². The van der Waals surface area contributed by atoms with E-state index in [1.807, 2.05) is 0 Å². The largest absolute Gasteiger partial charge is 0.381 e. The van der Waals surface area contributed by atoms with Gasteiger partial charge in [-0.3, -0.25) is 4.79 Å². The molecule has 0 spiro atoms. The lowest BCUT2D eigenvalue weighted by molar-refractivity contribution is -0.121. The summed E-state index contributed by atoms with van der Waals surface area (Å²) in [6.45, 7) is 5.52. The SMILES string of the molecule is COC(C)(C)CCOCCC1CCCC1=O. The van der Waals surface area contributed by atoms with Crippen molar-refractivity contribution < 1.29 is 14.3 Å². The number of Topliss-reactive ketones (excluding diaryl/α,β-unsaturated/α-hetero) is 1. The van der Waals surface area contributed by atoms with Crippen molar-refractivity contribution in [3.8, 4) is 0 Å². The van der Waals surface area contributed by atoms with Gasteiger partial charge in [-0.05, 0) is 39.5 Å². The highest BCUT2D eigenvalue weighted by Crippen LogP contribution is 2.24. The van der Waals surface area contributed by atoms with Crippen molar-refractivity contribution in [2.45, 2.75) is 51.6 Å². The van der Waals surface area contributed by atoms with Crippen LogP contribution in [-0.2, 0) is 14.3 Å². The standard InChI is InChI=1S/C13H24O3/c1-13(2,15-3)8-10-16-9-7-11-5-4-6-12(11)14/h11H,4-10H2,1-3H3. The van der Waals surface area contributed by atoms with Crippen molar-refractivity contribution in [2.24, 2.45) is 5.92 Å². The Hall–Kier alpha value is -0.410. The molecule has 0 aliphatic heterocycles. The van der Waals surface area contributed by atoms with Crippen LogP contribution < -0.4 is 0 Å². The molecule has 0 aromatic rings. The third-order valence-corrected chi connectivity index (χ3v) is 3.44. The molecule has 1 atom stereocenters. The van der Waals surface area contributed by atoms with Gasteiger partial charge in [-0.1, -0.05) is 0 Å². The molecule has 3 heteroatoms. The minimum Gasteiger partial charge on any atom is -0.381 e. The summed E-state index contributed by atoms with van der Waals surface area (Å²) >= 11 is 0. The van der Waals surface area contributed by atoms with Crippen molar-refractivity contribution in [1.29, 1.82) is 0 Å². The maximum absolute atomic E-state index is 11.4. The second kappa shape index (κ2) is 6.36. The highest BCUT2D eigenvalue weighted by atomic mass is 16.5. The first kappa shape index (κ1) is 13.7. The second-order valence-corrected chi connectivity index (χ2v) is 5.17. The maximum Gasteiger partial charge on any atom is 0.136 e. The molecule has 0 aromatic carbocycles. The van der Waals surface area contributed by atoms with Crippen LogP contribution in [0.25, 0.3) is 0 Å². The zero-order valence-corrected chi connectivity index (χ0v) is 10.8. The Labute approximate surface area is 98.5 Å². The average molecular weight is 228 g/mol. The molecule has 3 nitrogen and oxygen atoms in total. The third kappa shape index (κ3) is 4.62. The van der Waals surface area contributed by atoms with Crippen molar-refractivity contribution in [3.63, 3.8) is 0 Å². The average Bonchev–Trinajstić information content (AvgIpc) is 2.64. The van der Waals surface area contributed by atoms with Gasteiger partial charge in [0.1, 0.15) is 5.78 Å². The molecule has 0 N–H and O–H groups in total. The number of carbonyl (C=O) groups is 1. The minimum atomic E-state index is -0.108. The molecule has 1 saturated carbocycles. The maximum atomic E-state index is 11.4. The second-order valence-electron chi connectivity index (χ2n) is 5.17. The Kier molecular flexibility index (Phi) is 5.42. The number of ketones is 1. The lowest BCUT2D eigenvalue weighted by atomic mass is 10.0. The third-order valence-electron chi connectivity index (χ3n) is 3.44. The molecule has 94 valence electrons. The summed E-state index contributed by atoms with van der Waals surface area (Å²) in [5, 5.41) is 0. The van der Waals surface area contributed by atoms with E-state index in [0.717, 1.165) is 32.1 Å². The van der Waals surface area contributed by atoms with Crippen molar-refractivity contribution in [1.82, 2.24) is 0 Å². The summed E-state index contributed by atoms with van der Waals surface area (Å²) in [4.78, 5) is 11.4. The highest BCUT2D eigenvalue weighted by Gasteiger charge is 2.23. The summed E-state index contributed by atoms with van der Waals surface area (Å²) in [7, 11) is 1.72. The van der Waals surface area contributed by atoms with Crippen LogP contribution in [0.2, 0.25) is 0 Å². The molecular formula is C13H24O3. The van der Waals surface area contributed by atoms with Gasteiger partial charge in [0, 0.05) is 32.7 Å². The first-order chi connectivity index (χ1) is 7.55. The molecule has 1 unspecified atom stereocenters. The number of carbonyl (C=O) groups excluding carboxylic acids is 1. The molecule has 0 amide bonds. The van der Waals surface area contributed by atoms with Crippen LogP contribution in [0.5, 0.6) is 0 Å². The van der Waals surface area contributed by atoms with E-state index < -0.39 is 0 Å². The van der Waals surface area contributed by atoms with E-state index in [0.29, 0.717) is 19.0 Å². The number of methoxy groups -OCH3 is 1. The number of hydrogen-bond donors (Lipinski definition) is 0. The van der Waals surface area contributed by atoms with E-state index in [4.69, 9.17) is 9.47 Å². The van der Waals surface area contributed by atoms with Gasteiger partial charge in [0.15, 0.2) is 0 Å². The summed E-state index contributed by atoms with van der Waals surface area (Å²) in [5.74, 6) is 0.705. The first-order valence-corrected chi connectivity index (χ1v) is 6.21. The molecule has 16 heavy (non-hydrogen) atoms. The molecule has 1 rings (SSSR count). The number of ether oxygens (including phenoxy) is 2. The molecule has 1 aliphatic carbocycles. The van der Waals surface area contributed by atoms with Crippen LogP contribution in [0, 0.1) is 5.92 Å². The van der Waals surface area contributed by atoms with E-state index in [1.54, 1.807) is 7.11 Å². The molecule has 1 fully saturated rings. The van der Waals surface area contributed by atoms with Crippen molar-refractivity contribution in [2.75, 3.05) is 20.3 Å². The Bertz CT molecular complexity index is 223. The zero-order valence-electron chi connectivity index (χ0n) is 10.8. The van der Waals surface area contributed by atoms with Crippen LogP contribution >= 0.6 is 0 Å². The zero-order chi connectivity index (χ0) is 12.0. The first-order valence-electron chi connectivity index (χ1n) is 6.21. The highest BCUT2D eigenvalue weighted by molar-refractivity contribution is 5.82. The predicted octanol–water partition coefficient (Wildman–Crippen LogP) is 2.58. The van der Waals surface area contributed by atoms with Gasteiger partial charge in [-0.25, -0.2) is 0 Å². The number of rotatable bonds is 7. The Balaban J connectivity index is 2.02. The van der Waals surface area contributed by atoms with Crippen LogP contribution in [-0.4, -0.2) is 31.7 Å². The van der Waals surface area contributed by atoms with Crippen molar-refractivity contribution in [3.05, 3.63) is 0 Å². The van der Waals surface area contributed by atoms with E-state index in [-0.39, 0.29) is 11.5 Å². The van der Waals surface area contributed by atoms with E-state index in [2.05, 4.69) is 13.8 Å². The van der Waals surface area contributed by atoms with Crippen LogP contribution in [0.1, 0.15) is 46.0 Å². The summed E-state index contributed by atoms with van der Waals surface area (Å²) in [5.41, 5.74) is -0.108. The smallest absolute Gasteiger partial charge is 0.136 e. The van der Waals surface area contributed by atoms with Gasteiger partial charge in [0.2, 0.25) is 0 Å². The van der Waals surface area contributed by atoms with E-state index in [1.165, 1.54) is 0 Å². The van der Waals surface area contributed by atoms with Crippen LogP contribution in [0.3, 0.4) is 0 Å². The lowest BCUT2D eigenvalue weighted by Crippen LogP contribution is -2.24. The quantitative estimate of drug-likeness (QED) is 0.628. The van der Waals surface area contributed by atoms with Gasteiger partial charge >= 0.3 is 0 Å². The van der Waals surface area contributed by atoms with E-state index >= 15 is 0 Å². The Morgan fingerprint density at radius 1 is 1.38 bits per heavy atom. The molecule has 0 bridgehead atoms. The van der Waals surface area contributed by atoms with Crippen LogP contribution in [0.15, 0.2) is 0 Å². The normalized spacial score (nSPS) is 21.7. The fourth-order valence-electron chi connectivity index (χ4n) is 1.94. The van der Waals surface area contributed by atoms with Crippen molar-refractivity contribution >= 4 is 5.78 Å². The fraction of sp³-hybridized carbons (Fsp3) is 0.923. The minimum absolute atomic E-state index is 0.108. The monoisotopic (exact) mass is 228 g/mol. The summed E-state index contributed by atoms with van der Waals surface area (Å²) in [6.07, 6.45) is 4.70. The lowest BCUT2D eigenvalue weighted by Gasteiger charge is -2.22. The van der Waals surface area contributed by atoms with Gasteiger partial charge in [-0.2, -0.15) is 0 Å². The van der Waals surface area contributed by atoms with Gasteiger partial charge in [-0.15, -0.1) is 0 Å². The molecule has 1 aliphatic rings. The number of hydrogen-bond acceptors (Lipinski definition) is 3. The molecule has 0 heterocycles. The Morgan fingerprint density at radius 3 is 2.69 bits per heavy atom. The van der Waals surface area contributed by atoms with Crippen LogP contribution in [0.4, 0.5) is 0 Å². The van der Waals surface area contributed by atoms with E-state index in [9.17, 15) is 4.79 Å². The predicted molar refractivity (Wildman–Crippen MR) is 63.5 cm³/mol.